The van der Waals surface area contributed by atoms with Gasteiger partial charge in [0.25, 0.3) is 0 Å². The largest absolute Gasteiger partial charge is 0.481 e. The van der Waals surface area contributed by atoms with Crippen LogP contribution >= 0.6 is 0 Å². The van der Waals surface area contributed by atoms with Gasteiger partial charge in [-0.1, -0.05) is 6.07 Å². The Balaban J connectivity index is 2.81. The van der Waals surface area contributed by atoms with Gasteiger partial charge in [-0.05, 0) is 40.7 Å². The van der Waals surface area contributed by atoms with E-state index in [1.54, 1.807) is 28.4 Å². The second-order valence-corrected chi connectivity index (χ2v) is 5.36. The first-order valence-corrected chi connectivity index (χ1v) is 5.92. The van der Waals surface area contributed by atoms with E-state index in [4.69, 9.17) is 9.39 Å². The van der Waals surface area contributed by atoms with Crippen molar-refractivity contribution in [3.8, 4) is 5.88 Å². The Hall–Kier alpha value is -1.07. The molecule has 1 radical (unpaired) electrons. The van der Waals surface area contributed by atoms with Gasteiger partial charge >= 0.3 is 7.48 Å². The Kier molecular flexibility index (Phi) is 4.40. The fourth-order valence-electron chi connectivity index (χ4n) is 1.15. The second-order valence-electron chi connectivity index (χ2n) is 5.36. The van der Waals surface area contributed by atoms with Crippen LogP contribution in [0.25, 0.3) is 0 Å². The standard InChI is InChI=1S/C13H21BNO3/c1-9-7-8-10(11(15-9)17-6)14-18-13(4,5)12(2,3)16/h7-8,16H,1-6H3. The van der Waals surface area contributed by atoms with Gasteiger partial charge in [-0.2, -0.15) is 0 Å². The van der Waals surface area contributed by atoms with Gasteiger partial charge in [-0.15, -0.1) is 0 Å². The molecule has 0 aliphatic heterocycles. The lowest BCUT2D eigenvalue weighted by atomic mass is 9.83. The number of rotatable bonds is 5. The summed E-state index contributed by atoms with van der Waals surface area (Å²) in [4.78, 5) is 4.26. The average Bonchev–Trinajstić information content (AvgIpc) is 2.25. The summed E-state index contributed by atoms with van der Waals surface area (Å²) in [6.07, 6.45) is 0. The first kappa shape index (κ1) is 15.0. The van der Waals surface area contributed by atoms with Crippen LogP contribution in [0.5, 0.6) is 5.88 Å². The summed E-state index contributed by atoms with van der Waals surface area (Å²) < 4.78 is 10.9. The van der Waals surface area contributed by atoms with Crippen molar-refractivity contribution < 1.29 is 14.5 Å². The lowest BCUT2D eigenvalue weighted by molar-refractivity contribution is -0.0893. The second kappa shape index (κ2) is 5.28. The van der Waals surface area contributed by atoms with E-state index < -0.39 is 11.2 Å². The summed E-state index contributed by atoms with van der Waals surface area (Å²) >= 11 is 0. The number of ether oxygens (including phenoxy) is 1. The first-order chi connectivity index (χ1) is 8.17. The molecular weight excluding hydrogens is 229 g/mol. The van der Waals surface area contributed by atoms with Crippen LogP contribution in [0.2, 0.25) is 0 Å². The Labute approximate surface area is 110 Å². The van der Waals surface area contributed by atoms with Crippen molar-refractivity contribution in [3.63, 3.8) is 0 Å². The number of methoxy groups -OCH3 is 1. The molecule has 1 aromatic rings. The molecule has 1 heterocycles. The monoisotopic (exact) mass is 250 g/mol. The summed E-state index contributed by atoms with van der Waals surface area (Å²) in [7, 11) is 3.14. The smallest absolute Gasteiger partial charge is 0.336 e. The molecule has 1 aromatic heterocycles. The number of aliphatic hydroxyl groups is 1. The zero-order valence-electron chi connectivity index (χ0n) is 11.9. The lowest BCUT2D eigenvalue weighted by Gasteiger charge is -2.37. The third kappa shape index (κ3) is 3.46. The minimum atomic E-state index is -0.950. The van der Waals surface area contributed by atoms with Crippen LogP contribution in [0.4, 0.5) is 0 Å². The zero-order valence-corrected chi connectivity index (χ0v) is 11.9. The molecule has 0 unspecified atom stereocenters. The van der Waals surface area contributed by atoms with Gasteiger partial charge in [0.1, 0.15) is 0 Å². The van der Waals surface area contributed by atoms with Crippen LogP contribution in [-0.2, 0) is 4.65 Å². The van der Waals surface area contributed by atoms with E-state index in [0.29, 0.717) is 5.88 Å². The van der Waals surface area contributed by atoms with E-state index in [-0.39, 0.29) is 0 Å². The van der Waals surface area contributed by atoms with Gasteiger partial charge in [0, 0.05) is 11.2 Å². The van der Waals surface area contributed by atoms with Crippen molar-refractivity contribution in [2.45, 2.75) is 45.8 Å². The zero-order chi connectivity index (χ0) is 14.0. The number of hydrogen-bond acceptors (Lipinski definition) is 4. The molecule has 0 amide bonds. The molecular formula is C13H21BNO3. The molecule has 0 aromatic carbocycles. The lowest BCUT2D eigenvalue weighted by Crippen LogP contribution is -2.49. The fraction of sp³-hybridized carbons (Fsp3) is 0.615. The van der Waals surface area contributed by atoms with Crippen LogP contribution in [0.15, 0.2) is 12.1 Å². The maximum absolute atomic E-state index is 10.0. The molecule has 1 N–H and O–H groups in total. The predicted octanol–water partition coefficient (Wildman–Crippen LogP) is 1.21. The molecule has 0 aliphatic rings. The minimum absolute atomic E-state index is 0.515. The molecule has 0 spiro atoms. The summed E-state index contributed by atoms with van der Waals surface area (Å²) in [6, 6.07) is 3.76. The Morgan fingerprint density at radius 2 is 1.83 bits per heavy atom. The summed E-state index contributed by atoms with van der Waals surface area (Å²) in [5.41, 5.74) is -0.0243. The summed E-state index contributed by atoms with van der Waals surface area (Å²) in [5.74, 6) is 0.515. The van der Waals surface area contributed by atoms with Gasteiger partial charge in [0.2, 0.25) is 5.88 Å². The van der Waals surface area contributed by atoms with Crippen molar-refractivity contribution >= 4 is 12.9 Å². The van der Waals surface area contributed by atoms with Gasteiger partial charge < -0.3 is 14.5 Å². The van der Waals surface area contributed by atoms with E-state index >= 15 is 0 Å². The Morgan fingerprint density at radius 1 is 1.22 bits per heavy atom. The molecule has 18 heavy (non-hydrogen) atoms. The van der Waals surface area contributed by atoms with Gasteiger partial charge in [0.15, 0.2) is 0 Å². The normalized spacial score (nSPS) is 12.4. The van der Waals surface area contributed by atoms with E-state index in [1.807, 2.05) is 32.9 Å². The Morgan fingerprint density at radius 3 is 2.33 bits per heavy atom. The van der Waals surface area contributed by atoms with Crippen LogP contribution in [-0.4, -0.2) is 35.9 Å². The molecule has 0 saturated heterocycles. The van der Waals surface area contributed by atoms with Crippen LogP contribution < -0.4 is 10.2 Å². The van der Waals surface area contributed by atoms with E-state index in [0.717, 1.165) is 11.2 Å². The van der Waals surface area contributed by atoms with Crippen molar-refractivity contribution in [1.82, 2.24) is 4.98 Å². The van der Waals surface area contributed by atoms with Crippen molar-refractivity contribution in [3.05, 3.63) is 17.8 Å². The van der Waals surface area contributed by atoms with E-state index in [9.17, 15) is 5.11 Å². The fourth-order valence-corrected chi connectivity index (χ4v) is 1.15. The van der Waals surface area contributed by atoms with Gasteiger partial charge in [-0.25, -0.2) is 4.98 Å². The maximum atomic E-state index is 10.0. The van der Waals surface area contributed by atoms with Gasteiger partial charge in [0.05, 0.1) is 18.3 Å². The third-order valence-electron chi connectivity index (χ3n) is 3.18. The maximum Gasteiger partial charge on any atom is 0.336 e. The SMILES string of the molecule is COc1nc(C)ccc1[B]OC(C)(C)C(C)(C)O. The molecule has 0 atom stereocenters. The van der Waals surface area contributed by atoms with E-state index in [2.05, 4.69) is 4.98 Å². The molecule has 99 valence electrons. The number of aromatic nitrogens is 1. The van der Waals surface area contributed by atoms with Crippen LogP contribution in [0.3, 0.4) is 0 Å². The topological polar surface area (TPSA) is 51.6 Å². The summed E-state index contributed by atoms with van der Waals surface area (Å²) in [5, 5.41) is 10.0. The highest BCUT2D eigenvalue weighted by Gasteiger charge is 2.36. The third-order valence-corrected chi connectivity index (χ3v) is 3.18. The van der Waals surface area contributed by atoms with Crippen LogP contribution in [0, 0.1) is 6.92 Å². The number of nitrogens with zero attached hydrogens (tertiary/aromatic N) is 1. The average molecular weight is 250 g/mol. The van der Waals surface area contributed by atoms with Crippen molar-refractivity contribution in [1.29, 1.82) is 0 Å². The highest BCUT2D eigenvalue weighted by Crippen LogP contribution is 2.24. The van der Waals surface area contributed by atoms with Crippen molar-refractivity contribution in [2.75, 3.05) is 7.11 Å². The number of aryl methyl sites for hydroxylation is 1. The highest BCUT2D eigenvalue weighted by atomic mass is 16.5. The molecule has 4 nitrogen and oxygen atoms in total. The predicted molar refractivity (Wildman–Crippen MR) is 72.4 cm³/mol. The minimum Gasteiger partial charge on any atom is -0.481 e. The van der Waals surface area contributed by atoms with Gasteiger partial charge in [-0.3, -0.25) is 0 Å². The molecule has 0 saturated carbocycles. The first-order valence-electron chi connectivity index (χ1n) is 5.92. The number of hydrogen-bond donors (Lipinski definition) is 1. The Bertz CT molecular complexity index is 413. The van der Waals surface area contributed by atoms with Crippen LogP contribution in [0.1, 0.15) is 33.4 Å². The van der Waals surface area contributed by atoms with Crippen molar-refractivity contribution in [2.24, 2.45) is 0 Å². The van der Waals surface area contributed by atoms with E-state index in [1.165, 1.54) is 0 Å². The molecule has 0 fully saturated rings. The highest BCUT2D eigenvalue weighted by molar-refractivity contribution is 6.48. The molecule has 0 bridgehead atoms. The quantitative estimate of drug-likeness (QED) is 0.798. The molecule has 0 aliphatic carbocycles. The number of pyridine rings is 1. The molecule has 1 rings (SSSR count). The molecule has 5 heteroatoms. The summed E-state index contributed by atoms with van der Waals surface area (Å²) in [6.45, 7) is 8.99.